The van der Waals surface area contributed by atoms with E-state index in [0.717, 1.165) is 48.2 Å². The fourth-order valence-corrected chi connectivity index (χ4v) is 4.53. The predicted molar refractivity (Wildman–Crippen MR) is 130 cm³/mol. The van der Waals surface area contributed by atoms with Gasteiger partial charge in [0.15, 0.2) is 0 Å². The quantitative estimate of drug-likeness (QED) is 0.387. The van der Waals surface area contributed by atoms with Crippen LogP contribution in [0.1, 0.15) is 56.7 Å². The normalized spacial score (nSPS) is 14.5. The van der Waals surface area contributed by atoms with E-state index in [9.17, 15) is 9.59 Å². The average Bonchev–Trinajstić information content (AvgIpc) is 3.59. The summed E-state index contributed by atoms with van der Waals surface area (Å²) in [5.41, 5.74) is 4.27. The van der Waals surface area contributed by atoms with Gasteiger partial charge < -0.3 is 20.2 Å². The van der Waals surface area contributed by atoms with E-state index in [-0.39, 0.29) is 11.8 Å². The molecular weight excluding hydrogens is 452 g/mol. The molecule has 0 spiro atoms. The van der Waals surface area contributed by atoms with E-state index in [4.69, 9.17) is 11.6 Å². The smallest absolute Gasteiger partial charge is 0.254 e. The van der Waals surface area contributed by atoms with Gasteiger partial charge in [-0.3, -0.25) is 9.59 Å². The number of amides is 2. The van der Waals surface area contributed by atoms with E-state index in [0.29, 0.717) is 28.4 Å². The summed E-state index contributed by atoms with van der Waals surface area (Å²) >= 11 is 6.11. The minimum Gasteiger partial charge on any atom is -0.351 e. The van der Waals surface area contributed by atoms with Gasteiger partial charge in [0, 0.05) is 41.9 Å². The molecule has 1 atom stereocenters. The second kappa shape index (κ2) is 9.30. The Morgan fingerprint density at radius 3 is 2.74 bits per heavy atom. The molecule has 34 heavy (non-hydrogen) atoms. The Balaban J connectivity index is 1.39. The summed E-state index contributed by atoms with van der Waals surface area (Å²) in [5.74, 6) is 0.396. The Bertz CT molecular complexity index is 1340. The SMILES string of the molecule is Cc1cc(C(=O)N[C@H](Cc2c[nH]cn2)c2nc3cc(Cl)ccc3[nH]2)ccc1C(=O)N1CCCC1. The first kappa shape index (κ1) is 22.2. The van der Waals surface area contributed by atoms with Gasteiger partial charge in [-0.2, -0.15) is 0 Å². The fraction of sp³-hybridized carbons (Fsp3) is 0.280. The molecule has 5 rings (SSSR count). The van der Waals surface area contributed by atoms with Crippen LogP contribution in [0.15, 0.2) is 48.9 Å². The summed E-state index contributed by atoms with van der Waals surface area (Å²) in [6.07, 6.45) is 5.92. The lowest BCUT2D eigenvalue weighted by atomic mass is 10.0. The molecule has 0 bridgehead atoms. The van der Waals surface area contributed by atoms with E-state index >= 15 is 0 Å². The van der Waals surface area contributed by atoms with E-state index < -0.39 is 6.04 Å². The Kier molecular flexibility index (Phi) is 6.06. The van der Waals surface area contributed by atoms with Crippen molar-refractivity contribution in [1.82, 2.24) is 30.2 Å². The van der Waals surface area contributed by atoms with Crippen molar-refractivity contribution in [2.24, 2.45) is 0 Å². The molecule has 2 aromatic heterocycles. The first-order valence-electron chi connectivity index (χ1n) is 11.3. The summed E-state index contributed by atoms with van der Waals surface area (Å²) in [6, 6.07) is 10.2. The highest BCUT2D eigenvalue weighted by atomic mass is 35.5. The van der Waals surface area contributed by atoms with E-state index in [1.54, 1.807) is 42.9 Å². The zero-order valence-corrected chi connectivity index (χ0v) is 19.5. The van der Waals surface area contributed by atoms with Crippen LogP contribution in [0.4, 0.5) is 0 Å². The molecular formula is C25H25ClN6O2. The first-order chi connectivity index (χ1) is 16.5. The molecule has 0 aliphatic carbocycles. The number of rotatable bonds is 6. The first-order valence-corrected chi connectivity index (χ1v) is 11.7. The lowest BCUT2D eigenvalue weighted by Gasteiger charge is -2.18. The Morgan fingerprint density at radius 2 is 2.00 bits per heavy atom. The summed E-state index contributed by atoms with van der Waals surface area (Å²) in [6.45, 7) is 3.44. The monoisotopic (exact) mass is 476 g/mol. The zero-order chi connectivity index (χ0) is 23.7. The number of halogens is 1. The molecule has 4 aromatic rings. The molecule has 2 amide bonds. The number of aromatic nitrogens is 4. The maximum absolute atomic E-state index is 13.2. The van der Waals surface area contributed by atoms with Gasteiger partial charge in [0.1, 0.15) is 5.82 Å². The molecule has 2 aromatic carbocycles. The number of nitrogens with zero attached hydrogens (tertiary/aromatic N) is 3. The molecule has 8 nitrogen and oxygen atoms in total. The van der Waals surface area contributed by atoms with Crippen molar-refractivity contribution in [2.45, 2.75) is 32.2 Å². The number of nitrogens with one attached hydrogen (secondary N) is 3. The Hall–Kier alpha value is -3.65. The molecule has 3 N–H and O–H groups in total. The topological polar surface area (TPSA) is 107 Å². The van der Waals surface area contributed by atoms with Gasteiger partial charge in [0.05, 0.1) is 29.1 Å². The third-order valence-corrected chi connectivity index (χ3v) is 6.41. The minimum absolute atomic E-state index is 0.0271. The number of carbonyl (C=O) groups excluding carboxylic acids is 2. The van der Waals surface area contributed by atoms with Crippen molar-refractivity contribution < 1.29 is 9.59 Å². The van der Waals surface area contributed by atoms with Crippen LogP contribution in [-0.4, -0.2) is 49.7 Å². The molecule has 9 heteroatoms. The van der Waals surface area contributed by atoms with E-state index in [2.05, 4.69) is 25.3 Å². The number of imidazole rings is 2. The van der Waals surface area contributed by atoms with Gasteiger partial charge in [-0.25, -0.2) is 9.97 Å². The number of aromatic amines is 2. The van der Waals surface area contributed by atoms with Crippen molar-refractivity contribution >= 4 is 34.4 Å². The van der Waals surface area contributed by atoms with E-state index in [1.807, 2.05) is 17.9 Å². The predicted octanol–water partition coefficient (Wildman–Crippen LogP) is 4.20. The number of benzene rings is 2. The average molecular weight is 477 g/mol. The van der Waals surface area contributed by atoms with Crippen LogP contribution in [0.3, 0.4) is 0 Å². The van der Waals surface area contributed by atoms with Crippen molar-refractivity contribution in [3.05, 3.63) is 82.2 Å². The number of carbonyl (C=O) groups is 2. The number of likely N-dealkylation sites (tertiary alicyclic amines) is 1. The maximum Gasteiger partial charge on any atom is 0.254 e. The van der Waals surface area contributed by atoms with Crippen LogP contribution in [0.25, 0.3) is 11.0 Å². The molecule has 0 saturated carbocycles. The van der Waals surface area contributed by atoms with Crippen LogP contribution in [0, 0.1) is 6.92 Å². The van der Waals surface area contributed by atoms with Gasteiger partial charge >= 0.3 is 0 Å². The molecule has 1 aliphatic rings. The molecule has 3 heterocycles. The van der Waals surface area contributed by atoms with Crippen LogP contribution in [-0.2, 0) is 6.42 Å². The summed E-state index contributed by atoms with van der Waals surface area (Å²) in [5, 5.41) is 3.67. The zero-order valence-electron chi connectivity index (χ0n) is 18.8. The summed E-state index contributed by atoms with van der Waals surface area (Å²) < 4.78 is 0. The fourth-order valence-electron chi connectivity index (χ4n) is 4.37. The second-order valence-electron chi connectivity index (χ2n) is 8.60. The van der Waals surface area contributed by atoms with Crippen molar-refractivity contribution in [1.29, 1.82) is 0 Å². The molecule has 1 aliphatic heterocycles. The second-order valence-corrected chi connectivity index (χ2v) is 9.04. The lowest BCUT2D eigenvalue weighted by molar-refractivity contribution is 0.0791. The minimum atomic E-state index is -0.437. The van der Waals surface area contributed by atoms with E-state index in [1.165, 1.54) is 0 Å². The third-order valence-electron chi connectivity index (χ3n) is 6.18. The van der Waals surface area contributed by atoms with Crippen LogP contribution in [0.2, 0.25) is 5.02 Å². The number of hydrogen-bond donors (Lipinski definition) is 3. The summed E-state index contributed by atoms with van der Waals surface area (Å²) in [7, 11) is 0. The van der Waals surface area contributed by atoms with Gasteiger partial charge in [0.2, 0.25) is 0 Å². The molecule has 0 radical (unpaired) electrons. The molecule has 0 unspecified atom stereocenters. The number of fused-ring (bicyclic) bond motifs is 1. The van der Waals surface area contributed by atoms with Crippen molar-refractivity contribution in [3.8, 4) is 0 Å². The number of H-pyrrole nitrogens is 2. The van der Waals surface area contributed by atoms with Crippen LogP contribution in [0.5, 0.6) is 0 Å². The molecule has 1 fully saturated rings. The highest BCUT2D eigenvalue weighted by Gasteiger charge is 2.24. The Morgan fingerprint density at radius 1 is 1.18 bits per heavy atom. The lowest BCUT2D eigenvalue weighted by Crippen LogP contribution is -2.31. The Labute approximate surface area is 201 Å². The highest BCUT2D eigenvalue weighted by molar-refractivity contribution is 6.31. The van der Waals surface area contributed by atoms with Gasteiger partial charge in [0.25, 0.3) is 11.8 Å². The summed E-state index contributed by atoms with van der Waals surface area (Å²) in [4.78, 5) is 43.1. The largest absolute Gasteiger partial charge is 0.351 e. The highest BCUT2D eigenvalue weighted by Crippen LogP contribution is 2.23. The van der Waals surface area contributed by atoms with Crippen molar-refractivity contribution in [2.75, 3.05) is 13.1 Å². The van der Waals surface area contributed by atoms with Crippen LogP contribution < -0.4 is 5.32 Å². The van der Waals surface area contributed by atoms with Crippen molar-refractivity contribution in [3.63, 3.8) is 0 Å². The van der Waals surface area contributed by atoms with Crippen LogP contribution >= 0.6 is 11.6 Å². The van der Waals surface area contributed by atoms with Gasteiger partial charge in [-0.15, -0.1) is 0 Å². The van der Waals surface area contributed by atoms with Gasteiger partial charge in [-0.1, -0.05) is 11.6 Å². The van der Waals surface area contributed by atoms with Gasteiger partial charge in [-0.05, 0) is 61.7 Å². The third kappa shape index (κ3) is 4.54. The molecule has 1 saturated heterocycles. The number of aryl methyl sites for hydroxylation is 1. The number of hydrogen-bond acceptors (Lipinski definition) is 4. The molecule has 174 valence electrons. The maximum atomic E-state index is 13.2. The standard InChI is InChI=1S/C25H25ClN6O2/c1-15-10-16(4-6-19(15)25(34)32-8-2-3-9-32)24(33)31-22(12-18-13-27-14-28-18)23-29-20-7-5-17(26)11-21(20)30-23/h4-7,10-11,13-14,22H,2-3,8-9,12H2,1H3,(H,27,28)(H,29,30)(H,31,33)/t22-/m1/s1.